The Hall–Kier alpha value is 0.374. The van der Waals surface area contributed by atoms with Gasteiger partial charge in [-0.25, -0.2) is 0 Å². The molecule has 43 valence electrons. The molecule has 0 saturated carbocycles. The molecule has 0 bridgehead atoms. The zero-order chi connectivity index (χ0) is 3.58. The van der Waals surface area contributed by atoms with E-state index in [2.05, 4.69) is 5.73 Å². The second-order valence-electron chi connectivity index (χ2n) is 0.414. The van der Waals surface area contributed by atoms with Crippen LogP contribution in [0.2, 0.25) is 0 Å². The molecule has 0 aromatic rings. The van der Waals surface area contributed by atoms with Crippen LogP contribution < -0.4 is 5.73 Å². The molecule has 0 heterocycles. The molecule has 0 atom stereocenters. The van der Waals surface area contributed by atoms with E-state index in [4.69, 9.17) is 11.1 Å². The summed E-state index contributed by atoms with van der Waals surface area (Å²) in [6.45, 7) is 0. The fourth-order valence-corrected chi connectivity index (χ4v) is 0. The topological polar surface area (TPSA) is 73.7 Å². The summed E-state index contributed by atoms with van der Waals surface area (Å²) in [7, 11) is 0. The summed E-state index contributed by atoms with van der Waals surface area (Å²) < 4.78 is 0. The van der Waals surface area contributed by atoms with Crippen LogP contribution in [-0.2, 0) is 32.7 Å². The Morgan fingerprint density at radius 2 is 1.57 bits per heavy atom. The summed E-state index contributed by atoms with van der Waals surface area (Å²) in [6, 6.07) is 0. The number of rotatable bonds is 0. The summed E-state index contributed by atoms with van der Waals surface area (Å²) in [5.41, 5.74) is 10.3. The minimum atomic E-state index is -0.583. The van der Waals surface area contributed by atoms with E-state index in [1.54, 1.807) is 0 Å². The fraction of sp³-hybridized carbons (Fsp3) is 0.333. The van der Waals surface area contributed by atoms with Gasteiger partial charge in [-0.15, -0.1) is 0 Å². The van der Waals surface area contributed by atoms with Crippen molar-refractivity contribution >= 4 is 5.96 Å². The third-order valence-electron chi connectivity index (χ3n) is 0. The van der Waals surface area contributed by atoms with E-state index in [9.17, 15) is 0 Å². The van der Waals surface area contributed by atoms with Gasteiger partial charge in [0.25, 0.3) is 0 Å². The van der Waals surface area contributed by atoms with Crippen molar-refractivity contribution < 1.29 is 32.7 Å². The molecule has 0 aliphatic heterocycles. The SMILES string of the molecule is C.N=C([NH-])N.[CH3-].[Y]. The van der Waals surface area contributed by atoms with Crippen LogP contribution in [-0.4, -0.2) is 5.96 Å². The zero-order valence-corrected chi connectivity index (χ0v) is 6.49. The van der Waals surface area contributed by atoms with Gasteiger partial charge in [0.15, 0.2) is 0 Å². The Bertz CT molecular complexity index is 33.2. The van der Waals surface area contributed by atoms with E-state index in [0.717, 1.165) is 0 Å². The monoisotopic (exact) mass is 178 g/mol. The maximum Gasteiger partial charge on any atom is 0 e. The largest absolute Gasteiger partial charge is 0.454 e. The van der Waals surface area contributed by atoms with Crippen LogP contribution in [0, 0.1) is 12.8 Å². The molecular formula is C3H11N3Y-2. The molecule has 0 aromatic heterocycles. The second kappa shape index (κ2) is 16.2. The predicted octanol–water partition coefficient (Wildman–Crippen LogP) is 1.02. The van der Waals surface area contributed by atoms with E-state index in [1.807, 2.05) is 0 Å². The van der Waals surface area contributed by atoms with Crippen molar-refractivity contribution in [2.24, 2.45) is 5.73 Å². The van der Waals surface area contributed by atoms with Crippen LogP contribution in [0.25, 0.3) is 5.73 Å². The molecule has 0 fully saturated rings. The molecule has 0 rings (SSSR count). The van der Waals surface area contributed by atoms with Crippen molar-refractivity contribution in [3.63, 3.8) is 0 Å². The van der Waals surface area contributed by atoms with Crippen molar-refractivity contribution in [2.45, 2.75) is 7.43 Å². The fourth-order valence-electron chi connectivity index (χ4n) is 0. The van der Waals surface area contributed by atoms with Crippen LogP contribution in [0.3, 0.4) is 0 Å². The Labute approximate surface area is 70.2 Å². The van der Waals surface area contributed by atoms with E-state index in [1.165, 1.54) is 0 Å². The molecule has 4 N–H and O–H groups in total. The van der Waals surface area contributed by atoms with Gasteiger partial charge in [-0.05, 0) is 5.96 Å². The number of hydrogen-bond donors (Lipinski definition) is 2. The van der Waals surface area contributed by atoms with Crippen molar-refractivity contribution in [1.82, 2.24) is 0 Å². The Kier molecular flexibility index (Phi) is 60.8. The van der Waals surface area contributed by atoms with Crippen LogP contribution in [0.1, 0.15) is 7.43 Å². The maximum absolute atomic E-state index is 5.94. The van der Waals surface area contributed by atoms with Crippen molar-refractivity contribution in [3.8, 4) is 0 Å². The number of nitrogens with two attached hydrogens (primary N) is 1. The van der Waals surface area contributed by atoms with Gasteiger partial charge < -0.3 is 24.3 Å². The van der Waals surface area contributed by atoms with Crippen LogP contribution in [0.4, 0.5) is 0 Å². The molecule has 0 aromatic carbocycles. The summed E-state index contributed by atoms with van der Waals surface area (Å²) >= 11 is 0. The van der Waals surface area contributed by atoms with Gasteiger partial charge in [-0.1, -0.05) is 7.43 Å². The van der Waals surface area contributed by atoms with Gasteiger partial charge in [-0.2, -0.15) is 0 Å². The van der Waals surface area contributed by atoms with E-state index in [0.29, 0.717) is 0 Å². The molecule has 4 heteroatoms. The van der Waals surface area contributed by atoms with Gasteiger partial charge in [0.1, 0.15) is 0 Å². The van der Waals surface area contributed by atoms with E-state index >= 15 is 0 Å². The average Bonchev–Trinajstić information content (AvgIpc) is 0.811. The summed E-state index contributed by atoms with van der Waals surface area (Å²) in [5, 5.41) is 5.94. The van der Waals surface area contributed by atoms with Crippen molar-refractivity contribution in [1.29, 1.82) is 5.41 Å². The normalized spacial score (nSPS) is 3.43. The van der Waals surface area contributed by atoms with Crippen LogP contribution >= 0.6 is 0 Å². The quantitative estimate of drug-likeness (QED) is 0.324. The molecule has 0 amide bonds. The first kappa shape index (κ1) is 26.3. The first-order valence-corrected chi connectivity index (χ1v) is 0.789. The van der Waals surface area contributed by atoms with Crippen molar-refractivity contribution in [2.75, 3.05) is 0 Å². The smallest absolute Gasteiger partial charge is 0 e. The molecule has 3 nitrogen and oxygen atoms in total. The Morgan fingerprint density at radius 3 is 1.57 bits per heavy atom. The first-order chi connectivity index (χ1) is 1.73. The summed E-state index contributed by atoms with van der Waals surface area (Å²) in [4.78, 5) is 0. The molecule has 7 heavy (non-hydrogen) atoms. The van der Waals surface area contributed by atoms with Crippen molar-refractivity contribution in [3.05, 3.63) is 13.2 Å². The zero-order valence-electron chi connectivity index (χ0n) is 3.65. The molecule has 0 saturated heterocycles. The minimum absolute atomic E-state index is 0. The molecule has 0 spiro atoms. The minimum Gasteiger partial charge on any atom is -0.454 e. The molecule has 0 unspecified atom stereocenters. The van der Waals surface area contributed by atoms with Crippen LogP contribution in [0.5, 0.6) is 0 Å². The standard InChI is InChI=1S/CH4N3.CH4.CH3.Y/c2-1(3)4;;;/h(H4-,2,3,4);1H4;1H3;/q-1;;-1;. The van der Waals surface area contributed by atoms with Gasteiger partial charge in [0.2, 0.25) is 0 Å². The summed E-state index contributed by atoms with van der Waals surface area (Å²) in [5.74, 6) is -0.583. The van der Waals surface area contributed by atoms with E-state index in [-0.39, 0.29) is 47.6 Å². The molecular weight excluding hydrogens is 167 g/mol. The van der Waals surface area contributed by atoms with Gasteiger partial charge >= 0.3 is 0 Å². The molecule has 1 radical (unpaired) electrons. The number of guanidine groups is 1. The maximum atomic E-state index is 5.94. The average molecular weight is 178 g/mol. The first-order valence-electron chi connectivity index (χ1n) is 0.789. The van der Waals surface area contributed by atoms with Gasteiger partial charge in [0, 0.05) is 32.7 Å². The molecule has 0 aliphatic carbocycles. The third kappa shape index (κ3) is 872. The van der Waals surface area contributed by atoms with Gasteiger partial charge in [-0.3, -0.25) is 0 Å². The second-order valence-corrected chi connectivity index (χ2v) is 0.414. The van der Waals surface area contributed by atoms with Crippen LogP contribution in [0.15, 0.2) is 0 Å². The summed E-state index contributed by atoms with van der Waals surface area (Å²) in [6.07, 6.45) is 0. The predicted molar refractivity (Wildman–Crippen MR) is 29.4 cm³/mol. The third-order valence-corrected chi connectivity index (χ3v) is 0. The number of hydrogen-bond acceptors (Lipinski definition) is 1. The Morgan fingerprint density at radius 1 is 1.57 bits per heavy atom. The van der Waals surface area contributed by atoms with Gasteiger partial charge in [0.05, 0.1) is 0 Å². The Balaban J connectivity index is -0.0000000150. The van der Waals surface area contributed by atoms with E-state index < -0.39 is 5.96 Å². The molecule has 0 aliphatic rings. The number of nitrogens with one attached hydrogen (secondary N) is 2.